The van der Waals surface area contributed by atoms with Crippen LogP contribution in [0, 0.1) is 0 Å². The SMILES string of the molecule is CCN(CCc1ccc2c(c1)c(=O)c(C(=O)O)cn2CC)NC(=O)OC(C)(C)C.[H-].[Na+]. The first-order chi connectivity index (χ1) is 13.6. The molecular formula is C21H30N3NaO5. The Morgan fingerprint density at radius 1 is 1.27 bits per heavy atom. The number of amides is 1. The first kappa shape index (κ1) is 26.2. The third kappa shape index (κ3) is 6.84. The fourth-order valence-corrected chi connectivity index (χ4v) is 3.00. The molecule has 2 rings (SSSR count). The second-order valence-corrected chi connectivity index (χ2v) is 7.76. The smallest absolute Gasteiger partial charge is 1.00 e. The van der Waals surface area contributed by atoms with Crippen molar-refractivity contribution in [1.82, 2.24) is 15.0 Å². The minimum absolute atomic E-state index is 0. The van der Waals surface area contributed by atoms with E-state index in [2.05, 4.69) is 5.43 Å². The van der Waals surface area contributed by atoms with Crippen molar-refractivity contribution in [1.29, 1.82) is 0 Å². The van der Waals surface area contributed by atoms with Crippen LogP contribution >= 0.6 is 0 Å². The Morgan fingerprint density at radius 3 is 2.47 bits per heavy atom. The van der Waals surface area contributed by atoms with Gasteiger partial charge in [-0.3, -0.25) is 10.2 Å². The van der Waals surface area contributed by atoms with E-state index in [0.29, 0.717) is 37.0 Å². The number of hydrogen-bond donors (Lipinski definition) is 2. The Labute approximate surface area is 199 Å². The van der Waals surface area contributed by atoms with Gasteiger partial charge in [0.2, 0.25) is 5.43 Å². The number of aromatic nitrogens is 1. The molecule has 1 amide bonds. The Bertz CT molecular complexity index is 972. The van der Waals surface area contributed by atoms with Crippen molar-refractivity contribution >= 4 is 23.0 Å². The number of hydrogen-bond acceptors (Lipinski definition) is 5. The number of nitrogens with zero attached hydrogens (tertiary/aromatic N) is 2. The van der Waals surface area contributed by atoms with Crippen LogP contribution in [0.25, 0.3) is 10.9 Å². The molecule has 160 valence electrons. The van der Waals surface area contributed by atoms with E-state index < -0.39 is 23.1 Å². The molecular weight excluding hydrogens is 397 g/mol. The van der Waals surface area contributed by atoms with Gasteiger partial charge >= 0.3 is 41.6 Å². The largest absolute Gasteiger partial charge is 1.00 e. The number of nitrogens with one attached hydrogen (secondary N) is 1. The van der Waals surface area contributed by atoms with Crippen molar-refractivity contribution in [2.45, 2.75) is 53.2 Å². The normalized spacial score (nSPS) is 11.3. The molecule has 8 nitrogen and oxygen atoms in total. The Balaban J connectivity index is 0.00000450. The van der Waals surface area contributed by atoms with Gasteiger partial charge in [0, 0.05) is 31.2 Å². The molecule has 0 saturated heterocycles. The molecule has 0 bridgehead atoms. The fourth-order valence-electron chi connectivity index (χ4n) is 3.00. The Hall–Kier alpha value is -1.87. The zero-order chi connectivity index (χ0) is 21.8. The van der Waals surface area contributed by atoms with Crippen molar-refractivity contribution in [2.75, 3.05) is 13.1 Å². The van der Waals surface area contributed by atoms with Crippen LogP contribution in [0.1, 0.15) is 52.0 Å². The van der Waals surface area contributed by atoms with E-state index in [-0.39, 0.29) is 36.5 Å². The summed E-state index contributed by atoms with van der Waals surface area (Å²) in [5.74, 6) is -1.23. The number of aryl methyl sites for hydroxylation is 1. The number of aromatic carboxylic acids is 1. The van der Waals surface area contributed by atoms with Gasteiger partial charge in [-0.2, -0.15) is 0 Å². The zero-order valence-electron chi connectivity index (χ0n) is 19.6. The monoisotopic (exact) mass is 427 g/mol. The van der Waals surface area contributed by atoms with E-state index in [1.807, 2.05) is 26.0 Å². The van der Waals surface area contributed by atoms with Crippen LogP contribution in [0.2, 0.25) is 0 Å². The maximum absolute atomic E-state index is 12.6. The number of hydrazine groups is 1. The van der Waals surface area contributed by atoms with Crippen molar-refractivity contribution < 1.29 is 50.4 Å². The summed E-state index contributed by atoms with van der Waals surface area (Å²) in [5, 5.41) is 11.4. The molecule has 0 unspecified atom stereocenters. The molecule has 0 fully saturated rings. The second kappa shape index (κ2) is 10.9. The summed E-state index contributed by atoms with van der Waals surface area (Å²) in [6.45, 7) is 10.9. The summed E-state index contributed by atoms with van der Waals surface area (Å²) in [6.07, 6.45) is 1.44. The molecule has 0 saturated carbocycles. The van der Waals surface area contributed by atoms with Crippen molar-refractivity contribution in [3.63, 3.8) is 0 Å². The predicted octanol–water partition coefficient (Wildman–Crippen LogP) is 0.140. The van der Waals surface area contributed by atoms with Crippen LogP contribution in [-0.4, -0.2) is 45.4 Å². The fraction of sp³-hybridized carbons (Fsp3) is 0.476. The van der Waals surface area contributed by atoms with Gasteiger partial charge in [0.1, 0.15) is 11.2 Å². The molecule has 9 heteroatoms. The van der Waals surface area contributed by atoms with Crippen molar-refractivity contribution in [2.24, 2.45) is 0 Å². The molecule has 1 aromatic heterocycles. The summed E-state index contributed by atoms with van der Waals surface area (Å²) < 4.78 is 7.02. The van der Waals surface area contributed by atoms with Gasteiger partial charge in [0.05, 0.1) is 5.52 Å². The standard InChI is InChI=1S/C21H29N3O5.Na.H/c1-6-23-13-16(19(26)27)18(25)15-12-14(8-9-17(15)23)10-11-24(7-2)22-20(28)29-21(3,4)5;;/h8-9,12-13H,6-7,10-11H2,1-5H3,(H,22,28)(H,26,27);;/q;+1;-1. The van der Waals surface area contributed by atoms with E-state index in [4.69, 9.17) is 4.74 Å². The summed E-state index contributed by atoms with van der Waals surface area (Å²) >= 11 is 0. The molecule has 0 aliphatic rings. The number of carbonyl (C=O) groups excluding carboxylic acids is 1. The Kier molecular flexibility index (Phi) is 9.55. The minimum atomic E-state index is -1.23. The van der Waals surface area contributed by atoms with E-state index in [9.17, 15) is 19.5 Å². The van der Waals surface area contributed by atoms with Crippen molar-refractivity contribution in [3.05, 3.63) is 45.7 Å². The van der Waals surface area contributed by atoms with E-state index in [1.54, 1.807) is 36.4 Å². The first-order valence-corrected chi connectivity index (χ1v) is 9.69. The van der Waals surface area contributed by atoms with Crippen LogP contribution < -0.4 is 40.4 Å². The van der Waals surface area contributed by atoms with Crippen LogP contribution in [0.15, 0.2) is 29.2 Å². The van der Waals surface area contributed by atoms with Crippen LogP contribution in [0.4, 0.5) is 4.79 Å². The van der Waals surface area contributed by atoms with E-state index >= 15 is 0 Å². The molecule has 0 radical (unpaired) electrons. The maximum Gasteiger partial charge on any atom is 1.00 e. The average Bonchev–Trinajstić information content (AvgIpc) is 2.63. The third-order valence-electron chi connectivity index (χ3n) is 4.42. The number of pyridine rings is 1. The number of carboxylic acid groups (broad SMARTS) is 1. The summed E-state index contributed by atoms with van der Waals surface area (Å²) in [5.41, 5.74) is 2.99. The molecule has 0 aliphatic heterocycles. The maximum atomic E-state index is 12.6. The second-order valence-electron chi connectivity index (χ2n) is 7.76. The van der Waals surface area contributed by atoms with Gasteiger partial charge in [-0.05, 0) is 51.8 Å². The van der Waals surface area contributed by atoms with Crippen LogP contribution in [-0.2, 0) is 17.7 Å². The summed E-state index contributed by atoms with van der Waals surface area (Å²) in [6, 6.07) is 5.48. The summed E-state index contributed by atoms with van der Waals surface area (Å²) in [4.78, 5) is 35.9. The molecule has 2 N–H and O–H groups in total. The zero-order valence-corrected chi connectivity index (χ0v) is 20.6. The van der Waals surface area contributed by atoms with Crippen molar-refractivity contribution in [3.8, 4) is 0 Å². The quantitative estimate of drug-likeness (QED) is 0.482. The van der Waals surface area contributed by atoms with Crippen LogP contribution in [0.5, 0.6) is 0 Å². The van der Waals surface area contributed by atoms with Gasteiger partial charge in [0.15, 0.2) is 0 Å². The molecule has 0 atom stereocenters. The molecule has 0 spiro atoms. The number of rotatable bonds is 7. The number of fused-ring (bicyclic) bond motifs is 1. The van der Waals surface area contributed by atoms with Gasteiger partial charge in [0.25, 0.3) is 0 Å². The minimum Gasteiger partial charge on any atom is -1.00 e. The van der Waals surface area contributed by atoms with Gasteiger partial charge < -0.3 is 15.8 Å². The van der Waals surface area contributed by atoms with Gasteiger partial charge in [-0.15, -0.1) is 0 Å². The molecule has 2 aromatic rings. The van der Waals surface area contributed by atoms with E-state index in [0.717, 1.165) is 5.56 Å². The molecule has 1 heterocycles. The Morgan fingerprint density at radius 2 is 1.93 bits per heavy atom. The number of likely N-dealkylation sites (N-methyl/N-ethyl adjacent to an activating group) is 1. The number of benzene rings is 1. The summed E-state index contributed by atoms with van der Waals surface area (Å²) in [7, 11) is 0. The molecule has 0 aliphatic carbocycles. The number of ether oxygens (including phenoxy) is 1. The molecule has 30 heavy (non-hydrogen) atoms. The van der Waals surface area contributed by atoms with Gasteiger partial charge in [-0.25, -0.2) is 14.6 Å². The van der Waals surface area contributed by atoms with Crippen LogP contribution in [0.3, 0.4) is 0 Å². The predicted molar refractivity (Wildman–Crippen MR) is 112 cm³/mol. The van der Waals surface area contributed by atoms with E-state index in [1.165, 1.54) is 6.20 Å². The topological polar surface area (TPSA) is 101 Å². The first-order valence-electron chi connectivity index (χ1n) is 9.69. The average molecular weight is 427 g/mol. The number of carbonyl (C=O) groups is 2. The molecule has 1 aromatic carbocycles. The number of carboxylic acids is 1. The third-order valence-corrected chi connectivity index (χ3v) is 4.42. The van der Waals surface area contributed by atoms with Gasteiger partial charge in [-0.1, -0.05) is 13.0 Å².